The van der Waals surface area contributed by atoms with Crippen molar-refractivity contribution < 1.29 is 14.3 Å². The van der Waals surface area contributed by atoms with Crippen molar-refractivity contribution in [3.05, 3.63) is 23.8 Å². The molecule has 0 bridgehead atoms. The largest absolute Gasteiger partial charge is 0.497 e. The Bertz CT molecular complexity index is 570. The molecule has 0 unspecified atom stereocenters. The van der Waals surface area contributed by atoms with Crippen LogP contribution in [-0.2, 0) is 11.2 Å². The van der Waals surface area contributed by atoms with Crippen LogP contribution in [0.3, 0.4) is 0 Å². The van der Waals surface area contributed by atoms with Crippen LogP contribution in [0.4, 0.5) is 0 Å². The number of amides is 1. The smallest absolute Gasteiger partial charge is 0.234 e. The number of nitrogens with zero attached hydrogens (tertiary/aromatic N) is 1. The fourth-order valence-corrected chi connectivity index (χ4v) is 3.69. The lowest BCUT2D eigenvalue weighted by Gasteiger charge is -2.27. The van der Waals surface area contributed by atoms with Gasteiger partial charge in [0.2, 0.25) is 5.91 Å². The van der Waals surface area contributed by atoms with Crippen LogP contribution < -0.4 is 14.8 Å². The average Bonchev–Trinajstić information content (AvgIpc) is 3.14. The summed E-state index contributed by atoms with van der Waals surface area (Å²) in [6.07, 6.45) is 5.96. The van der Waals surface area contributed by atoms with E-state index in [0.29, 0.717) is 31.7 Å². The van der Waals surface area contributed by atoms with Crippen LogP contribution in [0.5, 0.6) is 11.5 Å². The predicted octanol–water partition coefficient (Wildman–Crippen LogP) is 2.24. The van der Waals surface area contributed by atoms with Gasteiger partial charge >= 0.3 is 0 Å². The number of nitrogens with one attached hydrogen (secondary N) is 1. The molecule has 1 aromatic carbocycles. The van der Waals surface area contributed by atoms with E-state index >= 15 is 0 Å². The van der Waals surface area contributed by atoms with Crippen molar-refractivity contribution in [2.24, 2.45) is 5.92 Å². The van der Waals surface area contributed by atoms with Gasteiger partial charge in [-0.2, -0.15) is 0 Å². The molecule has 24 heavy (non-hydrogen) atoms. The fraction of sp³-hybridized carbons (Fsp3) is 0.632. The normalized spacial score (nSPS) is 20.5. The molecule has 1 amide bonds. The molecule has 1 aliphatic carbocycles. The predicted molar refractivity (Wildman–Crippen MR) is 93.6 cm³/mol. The summed E-state index contributed by atoms with van der Waals surface area (Å²) in [5.41, 5.74) is 1.18. The van der Waals surface area contributed by atoms with Crippen LogP contribution in [0.25, 0.3) is 0 Å². The van der Waals surface area contributed by atoms with Crippen LogP contribution in [-0.4, -0.2) is 50.7 Å². The quantitative estimate of drug-likeness (QED) is 0.868. The number of hydrogen-bond donors (Lipinski definition) is 1. The molecule has 0 aromatic heterocycles. The van der Waals surface area contributed by atoms with Crippen molar-refractivity contribution in [3.8, 4) is 11.5 Å². The standard InChI is InChI=1S/C19H28N2O3/c1-21(16-5-3-4-6-16)12-19(22)20-11-14-9-15-7-8-17(23-2)10-18(15)24-13-14/h7-8,10,14,16H,3-6,9,11-13H2,1-2H3,(H,20,22)/t14-/m0/s1. The van der Waals surface area contributed by atoms with E-state index in [1.54, 1.807) is 7.11 Å². The lowest BCUT2D eigenvalue weighted by molar-refractivity contribution is -0.122. The van der Waals surface area contributed by atoms with Gasteiger partial charge in [-0.15, -0.1) is 0 Å². The Morgan fingerprint density at radius 1 is 1.38 bits per heavy atom. The third-order valence-corrected chi connectivity index (χ3v) is 5.19. The van der Waals surface area contributed by atoms with E-state index in [1.807, 2.05) is 12.1 Å². The number of rotatable bonds is 6. The van der Waals surface area contributed by atoms with Crippen LogP contribution in [0.1, 0.15) is 31.2 Å². The molecular weight excluding hydrogens is 304 g/mol. The van der Waals surface area contributed by atoms with E-state index in [4.69, 9.17) is 9.47 Å². The van der Waals surface area contributed by atoms with Crippen LogP contribution in [0.2, 0.25) is 0 Å². The van der Waals surface area contributed by atoms with Crippen LogP contribution in [0.15, 0.2) is 18.2 Å². The highest BCUT2D eigenvalue weighted by Crippen LogP contribution is 2.30. The van der Waals surface area contributed by atoms with E-state index in [1.165, 1.54) is 31.2 Å². The maximum absolute atomic E-state index is 12.2. The van der Waals surface area contributed by atoms with Crippen molar-refractivity contribution in [1.82, 2.24) is 10.2 Å². The second kappa shape index (κ2) is 7.88. The molecular formula is C19H28N2O3. The minimum atomic E-state index is 0.116. The number of benzene rings is 1. The van der Waals surface area contributed by atoms with Crippen molar-refractivity contribution in [2.75, 3.05) is 33.9 Å². The molecule has 0 radical (unpaired) electrons. The van der Waals surface area contributed by atoms with E-state index in [0.717, 1.165) is 17.9 Å². The van der Waals surface area contributed by atoms with Crippen molar-refractivity contribution in [2.45, 2.75) is 38.1 Å². The van der Waals surface area contributed by atoms with Crippen LogP contribution in [0, 0.1) is 5.92 Å². The average molecular weight is 332 g/mol. The Hall–Kier alpha value is -1.75. The Morgan fingerprint density at radius 2 is 2.17 bits per heavy atom. The Kier molecular flexibility index (Phi) is 5.61. The summed E-state index contributed by atoms with van der Waals surface area (Å²) in [6, 6.07) is 6.52. The number of fused-ring (bicyclic) bond motifs is 1. The van der Waals surface area contributed by atoms with Crippen molar-refractivity contribution in [3.63, 3.8) is 0 Å². The maximum Gasteiger partial charge on any atom is 0.234 e. The number of hydrogen-bond acceptors (Lipinski definition) is 4. The molecule has 5 heteroatoms. The number of carbonyl (C=O) groups is 1. The SMILES string of the molecule is COc1ccc2c(c1)OC[C@H](CNC(=O)CN(C)C1CCCC1)C2. The molecule has 1 heterocycles. The third-order valence-electron chi connectivity index (χ3n) is 5.19. The maximum atomic E-state index is 12.2. The second-order valence-electron chi connectivity index (χ2n) is 7.01. The number of likely N-dealkylation sites (N-methyl/N-ethyl adjacent to an activating group) is 1. The zero-order valence-electron chi connectivity index (χ0n) is 14.7. The molecule has 2 aliphatic rings. The molecule has 1 saturated carbocycles. The highest BCUT2D eigenvalue weighted by atomic mass is 16.5. The van der Waals surface area contributed by atoms with Gasteiger partial charge in [-0.3, -0.25) is 9.69 Å². The number of carbonyl (C=O) groups excluding carboxylic acids is 1. The molecule has 132 valence electrons. The molecule has 1 aromatic rings. The first-order valence-electron chi connectivity index (χ1n) is 8.92. The summed E-state index contributed by atoms with van der Waals surface area (Å²) < 4.78 is 11.1. The fourth-order valence-electron chi connectivity index (χ4n) is 3.69. The van der Waals surface area contributed by atoms with Crippen molar-refractivity contribution in [1.29, 1.82) is 0 Å². The molecule has 5 nitrogen and oxygen atoms in total. The lowest BCUT2D eigenvalue weighted by atomic mass is 9.96. The summed E-state index contributed by atoms with van der Waals surface area (Å²) in [7, 11) is 3.72. The summed E-state index contributed by atoms with van der Waals surface area (Å²) in [5.74, 6) is 2.16. The summed E-state index contributed by atoms with van der Waals surface area (Å²) in [6.45, 7) is 1.80. The zero-order chi connectivity index (χ0) is 16.9. The van der Waals surface area contributed by atoms with Gasteiger partial charge in [0.1, 0.15) is 11.5 Å². The molecule has 1 aliphatic heterocycles. The molecule has 1 fully saturated rings. The van der Waals surface area contributed by atoms with Gasteiger partial charge in [-0.1, -0.05) is 18.9 Å². The highest BCUT2D eigenvalue weighted by Gasteiger charge is 2.23. The van der Waals surface area contributed by atoms with E-state index in [2.05, 4.69) is 23.3 Å². The second-order valence-corrected chi connectivity index (χ2v) is 7.01. The summed E-state index contributed by atoms with van der Waals surface area (Å²) >= 11 is 0. The Labute approximate surface area is 144 Å². The Morgan fingerprint density at radius 3 is 2.92 bits per heavy atom. The van der Waals surface area contributed by atoms with Gasteiger partial charge in [0.05, 0.1) is 20.3 Å². The van der Waals surface area contributed by atoms with E-state index in [-0.39, 0.29) is 5.91 Å². The zero-order valence-corrected chi connectivity index (χ0v) is 14.7. The van der Waals surface area contributed by atoms with Gasteiger partial charge in [-0.25, -0.2) is 0 Å². The first-order chi connectivity index (χ1) is 11.7. The number of methoxy groups -OCH3 is 1. The van der Waals surface area contributed by atoms with Crippen LogP contribution >= 0.6 is 0 Å². The van der Waals surface area contributed by atoms with Gasteiger partial charge in [0, 0.05) is 24.6 Å². The molecule has 1 N–H and O–H groups in total. The van der Waals surface area contributed by atoms with Gasteiger partial charge in [0.15, 0.2) is 0 Å². The minimum absolute atomic E-state index is 0.116. The molecule has 0 spiro atoms. The lowest BCUT2D eigenvalue weighted by Crippen LogP contribution is -2.42. The van der Waals surface area contributed by atoms with Gasteiger partial charge in [-0.05, 0) is 37.9 Å². The number of ether oxygens (including phenoxy) is 2. The van der Waals surface area contributed by atoms with Gasteiger partial charge in [0.25, 0.3) is 0 Å². The first-order valence-corrected chi connectivity index (χ1v) is 8.92. The summed E-state index contributed by atoms with van der Waals surface area (Å²) in [4.78, 5) is 14.4. The van der Waals surface area contributed by atoms with E-state index < -0.39 is 0 Å². The highest BCUT2D eigenvalue weighted by molar-refractivity contribution is 5.78. The molecule has 1 atom stereocenters. The third kappa shape index (κ3) is 4.20. The topological polar surface area (TPSA) is 50.8 Å². The first kappa shape index (κ1) is 17.1. The minimum Gasteiger partial charge on any atom is -0.497 e. The Balaban J connectivity index is 1.44. The van der Waals surface area contributed by atoms with Crippen molar-refractivity contribution >= 4 is 5.91 Å². The van der Waals surface area contributed by atoms with E-state index in [9.17, 15) is 4.79 Å². The van der Waals surface area contributed by atoms with Gasteiger partial charge < -0.3 is 14.8 Å². The summed E-state index contributed by atoms with van der Waals surface area (Å²) in [5, 5.41) is 3.07. The molecule has 0 saturated heterocycles. The molecule has 3 rings (SSSR count). The monoisotopic (exact) mass is 332 g/mol.